The molecule has 0 fully saturated rings. The molecule has 1 aromatic rings. The van der Waals surface area contributed by atoms with Gasteiger partial charge >= 0.3 is 0 Å². The lowest BCUT2D eigenvalue weighted by atomic mass is 10.4. The minimum atomic E-state index is 0.00636. The first-order valence-corrected chi connectivity index (χ1v) is 6.73. The number of rotatable bonds is 7. The van der Waals surface area contributed by atoms with E-state index in [-0.39, 0.29) is 5.91 Å². The highest BCUT2D eigenvalue weighted by atomic mass is 32.2. The molecule has 0 spiro atoms. The van der Waals surface area contributed by atoms with E-state index >= 15 is 0 Å². The maximum Gasteiger partial charge on any atom is 0.230 e. The summed E-state index contributed by atoms with van der Waals surface area (Å²) in [6.07, 6.45) is 3.47. The van der Waals surface area contributed by atoms with Crippen LogP contribution in [0.5, 0.6) is 0 Å². The van der Waals surface area contributed by atoms with E-state index in [1.54, 1.807) is 18.3 Å². The molecule has 0 unspecified atom stereocenters. The van der Waals surface area contributed by atoms with Gasteiger partial charge < -0.3 is 10.2 Å². The number of thioether (sulfide) groups is 1. The van der Waals surface area contributed by atoms with Crippen molar-refractivity contribution in [1.29, 1.82) is 0 Å². The van der Waals surface area contributed by atoms with E-state index < -0.39 is 0 Å². The van der Waals surface area contributed by atoms with Gasteiger partial charge in [-0.3, -0.25) is 4.79 Å². The largest absolute Gasteiger partial charge is 0.350 e. The molecule has 1 rings (SSSR count). The van der Waals surface area contributed by atoms with Crippen molar-refractivity contribution in [2.24, 2.45) is 0 Å². The molecule has 5 nitrogen and oxygen atoms in total. The Hall–Kier alpha value is -1.56. The Kier molecular flexibility index (Phi) is 6.21. The second-order valence-electron chi connectivity index (χ2n) is 3.82. The molecule has 6 heteroatoms. The minimum Gasteiger partial charge on any atom is -0.350 e. The summed E-state index contributed by atoms with van der Waals surface area (Å²) in [5, 5.41) is 2.82. The quantitative estimate of drug-likeness (QED) is 0.591. The number of nitrogens with zero attached hydrogens (tertiary/aromatic N) is 3. The van der Waals surface area contributed by atoms with Gasteiger partial charge in [0.25, 0.3) is 0 Å². The number of carbonyl (C=O) groups is 1. The Morgan fingerprint density at radius 2 is 2.39 bits per heavy atom. The summed E-state index contributed by atoms with van der Waals surface area (Å²) < 4.78 is 0. The summed E-state index contributed by atoms with van der Waals surface area (Å²) in [6, 6.07) is 1.80. The molecule has 98 valence electrons. The monoisotopic (exact) mass is 266 g/mol. The molecule has 0 radical (unpaired) electrons. The maximum absolute atomic E-state index is 11.5. The van der Waals surface area contributed by atoms with E-state index in [4.69, 9.17) is 0 Å². The van der Waals surface area contributed by atoms with Crippen LogP contribution in [0.3, 0.4) is 0 Å². The predicted octanol–water partition coefficient (Wildman–Crippen LogP) is 1.08. The second-order valence-corrected chi connectivity index (χ2v) is 4.85. The van der Waals surface area contributed by atoms with Crippen molar-refractivity contribution in [3.8, 4) is 0 Å². The number of hydrogen-bond donors (Lipinski definition) is 1. The van der Waals surface area contributed by atoms with Gasteiger partial charge in [0.2, 0.25) is 11.9 Å². The van der Waals surface area contributed by atoms with Crippen molar-refractivity contribution in [2.45, 2.75) is 6.54 Å². The first-order valence-electron chi connectivity index (χ1n) is 5.58. The summed E-state index contributed by atoms with van der Waals surface area (Å²) in [4.78, 5) is 21.7. The molecule has 1 N–H and O–H groups in total. The first-order chi connectivity index (χ1) is 8.63. The van der Waals surface area contributed by atoms with E-state index in [9.17, 15) is 4.79 Å². The van der Waals surface area contributed by atoms with Crippen molar-refractivity contribution >= 4 is 23.6 Å². The molecule has 1 amide bonds. The zero-order valence-corrected chi connectivity index (χ0v) is 11.5. The molecule has 0 saturated heterocycles. The normalized spacial score (nSPS) is 9.89. The fourth-order valence-electron chi connectivity index (χ4n) is 1.17. The minimum absolute atomic E-state index is 0.00636. The van der Waals surface area contributed by atoms with Crippen LogP contribution in [-0.4, -0.2) is 41.5 Å². The van der Waals surface area contributed by atoms with E-state index in [2.05, 4.69) is 21.9 Å². The van der Waals surface area contributed by atoms with Gasteiger partial charge in [0, 0.05) is 26.0 Å². The van der Waals surface area contributed by atoms with Gasteiger partial charge in [-0.2, -0.15) is 0 Å². The van der Waals surface area contributed by atoms with Crippen LogP contribution in [0.25, 0.3) is 0 Å². The lowest BCUT2D eigenvalue weighted by Gasteiger charge is -2.11. The summed E-state index contributed by atoms with van der Waals surface area (Å²) in [5.41, 5.74) is 0.802. The Morgan fingerprint density at radius 1 is 1.61 bits per heavy atom. The molecule has 1 heterocycles. The smallest absolute Gasteiger partial charge is 0.230 e. The van der Waals surface area contributed by atoms with Crippen molar-refractivity contribution < 1.29 is 4.79 Å². The average Bonchev–Trinajstić information content (AvgIpc) is 2.37. The Balaban J connectivity index is 2.40. The van der Waals surface area contributed by atoms with E-state index in [0.29, 0.717) is 18.2 Å². The SMILES string of the molecule is C=CCSCC(=O)NCc1ccnc(N(C)C)n1. The highest BCUT2D eigenvalue weighted by Gasteiger charge is 2.04. The van der Waals surface area contributed by atoms with Gasteiger partial charge in [0.05, 0.1) is 18.0 Å². The Morgan fingerprint density at radius 3 is 3.06 bits per heavy atom. The predicted molar refractivity (Wildman–Crippen MR) is 75.7 cm³/mol. The van der Waals surface area contributed by atoms with E-state index in [0.717, 1.165) is 11.4 Å². The summed E-state index contributed by atoms with van der Waals surface area (Å²) >= 11 is 1.53. The maximum atomic E-state index is 11.5. The molecule has 0 aromatic carbocycles. The molecule has 0 saturated carbocycles. The van der Waals surface area contributed by atoms with Crippen LogP contribution in [0.4, 0.5) is 5.95 Å². The number of anilines is 1. The van der Waals surface area contributed by atoms with Gasteiger partial charge in [-0.1, -0.05) is 6.08 Å². The molecular formula is C12H18N4OS. The van der Waals surface area contributed by atoms with Gasteiger partial charge in [-0.05, 0) is 6.07 Å². The second kappa shape index (κ2) is 7.71. The first kappa shape index (κ1) is 14.5. The van der Waals surface area contributed by atoms with E-state index in [1.165, 1.54) is 11.8 Å². The van der Waals surface area contributed by atoms with Crippen LogP contribution < -0.4 is 10.2 Å². The topological polar surface area (TPSA) is 58.1 Å². The van der Waals surface area contributed by atoms with Gasteiger partial charge in [-0.25, -0.2) is 9.97 Å². The lowest BCUT2D eigenvalue weighted by molar-refractivity contribution is -0.118. The molecular weight excluding hydrogens is 248 g/mol. The summed E-state index contributed by atoms with van der Waals surface area (Å²) in [5.74, 6) is 1.87. The van der Waals surface area contributed by atoms with Gasteiger partial charge in [-0.15, -0.1) is 18.3 Å². The van der Waals surface area contributed by atoms with Crippen LogP contribution in [0, 0.1) is 0 Å². The highest BCUT2D eigenvalue weighted by molar-refractivity contribution is 8.00. The fourth-order valence-corrected chi connectivity index (χ4v) is 1.75. The number of aromatic nitrogens is 2. The van der Waals surface area contributed by atoms with Crippen LogP contribution in [0.1, 0.15) is 5.69 Å². The fraction of sp³-hybridized carbons (Fsp3) is 0.417. The molecule has 0 atom stereocenters. The third-order valence-electron chi connectivity index (χ3n) is 2.04. The molecule has 1 aromatic heterocycles. The molecule has 0 aliphatic rings. The highest BCUT2D eigenvalue weighted by Crippen LogP contribution is 2.03. The van der Waals surface area contributed by atoms with Crippen LogP contribution in [0.15, 0.2) is 24.9 Å². The molecule has 0 aliphatic carbocycles. The van der Waals surface area contributed by atoms with Crippen molar-refractivity contribution in [3.63, 3.8) is 0 Å². The Bertz CT molecular complexity index is 409. The molecule has 0 aliphatic heterocycles. The zero-order chi connectivity index (χ0) is 13.4. The average molecular weight is 266 g/mol. The van der Waals surface area contributed by atoms with E-state index in [1.807, 2.05) is 19.0 Å². The van der Waals surface area contributed by atoms with Crippen LogP contribution >= 0.6 is 11.8 Å². The third-order valence-corrected chi connectivity index (χ3v) is 2.97. The number of amides is 1. The van der Waals surface area contributed by atoms with Crippen LogP contribution in [0.2, 0.25) is 0 Å². The summed E-state index contributed by atoms with van der Waals surface area (Å²) in [7, 11) is 3.76. The zero-order valence-electron chi connectivity index (χ0n) is 10.7. The standard InChI is InChI=1S/C12H18N4OS/c1-4-7-18-9-11(17)14-8-10-5-6-13-12(15-10)16(2)3/h4-6H,1,7-9H2,2-3H3,(H,14,17). The van der Waals surface area contributed by atoms with Crippen LogP contribution in [-0.2, 0) is 11.3 Å². The molecule has 0 bridgehead atoms. The molecule has 18 heavy (non-hydrogen) atoms. The Labute approximate surface area is 112 Å². The number of nitrogens with one attached hydrogen (secondary N) is 1. The number of hydrogen-bond acceptors (Lipinski definition) is 5. The van der Waals surface area contributed by atoms with Crippen molar-refractivity contribution in [2.75, 3.05) is 30.5 Å². The number of carbonyl (C=O) groups excluding carboxylic acids is 1. The van der Waals surface area contributed by atoms with Crippen molar-refractivity contribution in [1.82, 2.24) is 15.3 Å². The van der Waals surface area contributed by atoms with Gasteiger partial charge in [0.1, 0.15) is 0 Å². The lowest BCUT2D eigenvalue weighted by Crippen LogP contribution is -2.25. The van der Waals surface area contributed by atoms with Gasteiger partial charge in [0.15, 0.2) is 0 Å². The third kappa shape index (κ3) is 5.18. The summed E-state index contributed by atoms with van der Waals surface area (Å²) in [6.45, 7) is 4.03. The van der Waals surface area contributed by atoms with Crippen molar-refractivity contribution in [3.05, 3.63) is 30.6 Å².